The van der Waals surface area contributed by atoms with Gasteiger partial charge in [-0.05, 0) is 48.2 Å². The van der Waals surface area contributed by atoms with Gasteiger partial charge >= 0.3 is 0 Å². The summed E-state index contributed by atoms with van der Waals surface area (Å²) in [5.41, 5.74) is 3.28. The molecule has 1 aromatic carbocycles. The summed E-state index contributed by atoms with van der Waals surface area (Å²) in [4.78, 5) is 31.8. The number of ether oxygens (including phenoxy) is 2. The van der Waals surface area contributed by atoms with Gasteiger partial charge in [0.1, 0.15) is 11.2 Å². The molecular formula is C21H21N3O4. The Balaban J connectivity index is 1.68. The molecule has 0 unspecified atom stereocenters. The van der Waals surface area contributed by atoms with Crippen LogP contribution in [-0.2, 0) is 13.0 Å². The number of benzene rings is 1. The van der Waals surface area contributed by atoms with E-state index in [2.05, 4.69) is 4.98 Å². The van der Waals surface area contributed by atoms with Crippen LogP contribution in [0.2, 0.25) is 0 Å². The second-order valence-corrected chi connectivity index (χ2v) is 6.86. The Morgan fingerprint density at radius 2 is 1.82 bits per heavy atom. The maximum atomic E-state index is 13.1. The monoisotopic (exact) mass is 379 g/mol. The molecular weight excluding hydrogens is 358 g/mol. The number of carbonyl (C=O) groups is 1. The fourth-order valence-electron chi connectivity index (χ4n) is 3.56. The molecule has 0 fully saturated rings. The normalized spacial score (nSPS) is 13.3. The number of methoxy groups -OCH3 is 2. The number of nitrogens with zero attached hydrogens (tertiary/aromatic N) is 3. The Bertz CT molecular complexity index is 1140. The van der Waals surface area contributed by atoms with Crippen molar-refractivity contribution in [2.45, 2.75) is 19.9 Å². The number of fused-ring (bicyclic) bond motifs is 2. The van der Waals surface area contributed by atoms with E-state index in [4.69, 9.17) is 9.47 Å². The molecule has 3 heterocycles. The lowest BCUT2D eigenvalue weighted by Crippen LogP contribution is -2.39. The van der Waals surface area contributed by atoms with Crippen molar-refractivity contribution in [1.29, 1.82) is 0 Å². The maximum Gasteiger partial charge on any atom is 0.270 e. The van der Waals surface area contributed by atoms with Crippen molar-refractivity contribution in [2.24, 2.45) is 0 Å². The second kappa shape index (κ2) is 6.99. The number of carbonyl (C=O) groups excluding carboxylic acids is 1. The fourth-order valence-corrected chi connectivity index (χ4v) is 3.56. The van der Waals surface area contributed by atoms with Gasteiger partial charge in [-0.2, -0.15) is 0 Å². The quantitative estimate of drug-likeness (QED) is 0.698. The minimum absolute atomic E-state index is 0.0760. The first-order valence-electron chi connectivity index (χ1n) is 9.03. The van der Waals surface area contributed by atoms with Gasteiger partial charge in [-0.25, -0.2) is 4.98 Å². The average molecular weight is 379 g/mol. The molecule has 3 aromatic rings. The summed E-state index contributed by atoms with van der Waals surface area (Å²) < 4.78 is 12.1. The third-order valence-corrected chi connectivity index (χ3v) is 5.09. The van der Waals surface area contributed by atoms with Gasteiger partial charge in [0.25, 0.3) is 11.5 Å². The van der Waals surface area contributed by atoms with Crippen LogP contribution in [0.25, 0.3) is 5.65 Å². The largest absolute Gasteiger partial charge is 0.493 e. The van der Waals surface area contributed by atoms with Crippen LogP contribution in [0, 0.1) is 6.92 Å². The summed E-state index contributed by atoms with van der Waals surface area (Å²) in [6, 6.07) is 7.49. The highest BCUT2D eigenvalue weighted by atomic mass is 16.5. The Hall–Kier alpha value is -3.35. The maximum absolute atomic E-state index is 13.1. The Labute approximate surface area is 162 Å². The van der Waals surface area contributed by atoms with Crippen LogP contribution < -0.4 is 15.0 Å². The van der Waals surface area contributed by atoms with E-state index >= 15 is 0 Å². The summed E-state index contributed by atoms with van der Waals surface area (Å²) >= 11 is 0. The molecule has 1 aliphatic rings. The van der Waals surface area contributed by atoms with E-state index in [9.17, 15) is 9.59 Å². The van der Waals surface area contributed by atoms with Crippen molar-refractivity contribution in [2.75, 3.05) is 20.8 Å². The number of aromatic nitrogens is 2. The molecule has 7 nitrogen and oxygen atoms in total. The third-order valence-electron chi connectivity index (χ3n) is 5.09. The molecule has 0 saturated heterocycles. The first-order chi connectivity index (χ1) is 13.5. The predicted molar refractivity (Wildman–Crippen MR) is 104 cm³/mol. The molecule has 0 radical (unpaired) electrons. The lowest BCUT2D eigenvalue weighted by atomic mass is 9.98. The minimum atomic E-state index is -0.350. The van der Waals surface area contributed by atoms with E-state index in [1.807, 2.05) is 25.1 Å². The van der Waals surface area contributed by atoms with Gasteiger partial charge in [0, 0.05) is 25.5 Å². The molecule has 0 N–H and O–H groups in total. The smallest absolute Gasteiger partial charge is 0.270 e. The zero-order valence-electron chi connectivity index (χ0n) is 16.1. The van der Waals surface area contributed by atoms with Gasteiger partial charge in [0.15, 0.2) is 11.5 Å². The molecule has 2 aromatic heterocycles. The molecule has 0 saturated carbocycles. The van der Waals surface area contributed by atoms with Crippen molar-refractivity contribution in [3.8, 4) is 11.5 Å². The van der Waals surface area contributed by atoms with Gasteiger partial charge in [-0.15, -0.1) is 0 Å². The highest BCUT2D eigenvalue weighted by molar-refractivity contribution is 5.94. The first kappa shape index (κ1) is 18.0. The Kier molecular flexibility index (Phi) is 4.50. The van der Waals surface area contributed by atoms with Crippen molar-refractivity contribution < 1.29 is 14.3 Å². The van der Waals surface area contributed by atoms with Crippen LogP contribution in [0.3, 0.4) is 0 Å². The zero-order valence-corrected chi connectivity index (χ0v) is 16.1. The molecule has 0 spiro atoms. The molecule has 144 valence electrons. The topological polar surface area (TPSA) is 73.1 Å². The number of hydrogen-bond acceptors (Lipinski definition) is 5. The molecule has 4 rings (SSSR count). The molecule has 0 aliphatic carbocycles. The molecule has 1 aliphatic heterocycles. The van der Waals surface area contributed by atoms with Gasteiger partial charge in [0.2, 0.25) is 0 Å². The van der Waals surface area contributed by atoms with Gasteiger partial charge < -0.3 is 14.4 Å². The number of rotatable bonds is 3. The summed E-state index contributed by atoms with van der Waals surface area (Å²) in [5.74, 6) is 0.987. The first-order valence-corrected chi connectivity index (χ1v) is 9.03. The van der Waals surface area contributed by atoms with E-state index in [0.29, 0.717) is 36.7 Å². The summed E-state index contributed by atoms with van der Waals surface area (Å²) in [5, 5.41) is 0. The summed E-state index contributed by atoms with van der Waals surface area (Å²) in [7, 11) is 3.18. The van der Waals surface area contributed by atoms with Crippen molar-refractivity contribution in [3.63, 3.8) is 0 Å². The Morgan fingerprint density at radius 1 is 1.11 bits per heavy atom. The number of pyridine rings is 1. The zero-order chi connectivity index (χ0) is 19.8. The second-order valence-electron chi connectivity index (χ2n) is 6.86. The third kappa shape index (κ3) is 2.98. The molecule has 1 amide bonds. The van der Waals surface area contributed by atoms with Crippen molar-refractivity contribution in [1.82, 2.24) is 14.3 Å². The minimum Gasteiger partial charge on any atom is -0.493 e. The van der Waals surface area contributed by atoms with Crippen molar-refractivity contribution >= 4 is 11.6 Å². The number of amides is 1. The van der Waals surface area contributed by atoms with E-state index in [1.165, 1.54) is 10.6 Å². The fraction of sp³-hybridized carbons (Fsp3) is 0.286. The van der Waals surface area contributed by atoms with Gasteiger partial charge in [-0.3, -0.25) is 14.0 Å². The lowest BCUT2D eigenvalue weighted by molar-refractivity contribution is 0.0732. The van der Waals surface area contributed by atoms with Crippen LogP contribution in [0.5, 0.6) is 11.5 Å². The highest BCUT2D eigenvalue weighted by Crippen LogP contribution is 2.33. The van der Waals surface area contributed by atoms with Crippen LogP contribution in [0.15, 0.2) is 41.5 Å². The number of aryl methyl sites for hydroxylation is 1. The SMILES string of the molecule is COc1cc2c(cc1OC)CN(C(=O)c1cnc3ccc(C)cn3c1=O)CC2. The van der Waals surface area contributed by atoms with Crippen LogP contribution in [0.1, 0.15) is 27.0 Å². The Morgan fingerprint density at radius 3 is 2.54 bits per heavy atom. The van der Waals surface area contributed by atoms with Crippen LogP contribution in [0.4, 0.5) is 0 Å². The van der Waals surface area contributed by atoms with Gasteiger partial charge in [-0.1, -0.05) is 6.07 Å². The molecule has 7 heteroatoms. The summed E-state index contributed by atoms with van der Waals surface area (Å²) in [6.45, 7) is 2.82. The van der Waals surface area contributed by atoms with E-state index in [1.54, 1.807) is 31.4 Å². The van der Waals surface area contributed by atoms with E-state index in [-0.39, 0.29) is 17.0 Å². The van der Waals surface area contributed by atoms with Crippen LogP contribution in [-0.4, -0.2) is 41.0 Å². The molecule has 0 bridgehead atoms. The van der Waals surface area contributed by atoms with E-state index in [0.717, 1.165) is 16.7 Å². The van der Waals surface area contributed by atoms with Crippen LogP contribution >= 0.6 is 0 Å². The lowest BCUT2D eigenvalue weighted by Gasteiger charge is -2.29. The molecule has 28 heavy (non-hydrogen) atoms. The highest BCUT2D eigenvalue weighted by Gasteiger charge is 2.26. The van der Waals surface area contributed by atoms with E-state index < -0.39 is 0 Å². The number of hydrogen-bond donors (Lipinski definition) is 0. The predicted octanol–water partition coefficient (Wildman–Crippen LogP) is 2.22. The average Bonchev–Trinajstić information content (AvgIpc) is 2.72. The van der Waals surface area contributed by atoms with Crippen molar-refractivity contribution in [3.05, 3.63) is 69.3 Å². The standard InChI is InChI=1S/C21H21N3O4/c1-13-4-5-19-22-10-16(21(26)24(19)11-13)20(25)23-7-6-14-8-17(27-2)18(28-3)9-15(14)12-23/h4-5,8-11H,6-7,12H2,1-3H3. The summed E-state index contributed by atoms with van der Waals surface area (Å²) in [6.07, 6.45) is 3.76. The van der Waals surface area contributed by atoms with Gasteiger partial charge in [0.05, 0.1) is 14.2 Å². The molecule has 0 atom stereocenters.